The lowest BCUT2D eigenvalue weighted by atomic mass is 10.1. The molecule has 0 N–H and O–H groups in total. The fraction of sp³-hybridized carbons (Fsp3) is 0.636. The first kappa shape index (κ1) is 22.2. The van der Waals surface area contributed by atoms with Crippen LogP contribution in [0.25, 0.3) is 0 Å². The zero-order valence-corrected chi connectivity index (χ0v) is 16.3. The summed E-state index contributed by atoms with van der Waals surface area (Å²) < 4.78 is 10.3. The molecule has 0 saturated carbocycles. The molecule has 0 bridgehead atoms. The Morgan fingerprint density at radius 2 is 1.58 bits per heavy atom. The predicted molar refractivity (Wildman–Crippen MR) is 103 cm³/mol. The molecular formula is C22H33O4. The van der Waals surface area contributed by atoms with Crippen LogP contribution in [0.15, 0.2) is 24.3 Å². The van der Waals surface area contributed by atoms with Gasteiger partial charge in [-0.15, -0.1) is 0 Å². The van der Waals surface area contributed by atoms with E-state index in [1.807, 2.05) is 0 Å². The highest BCUT2D eigenvalue weighted by Gasteiger charge is 2.20. The number of rotatable bonds is 14. The van der Waals surface area contributed by atoms with E-state index in [2.05, 4.69) is 13.0 Å². The Bertz CT molecular complexity index is 498. The molecule has 1 aromatic carbocycles. The van der Waals surface area contributed by atoms with Crippen LogP contribution in [0.3, 0.4) is 0 Å². The van der Waals surface area contributed by atoms with Gasteiger partial charge in [-0.25, -0.2) is 9.59 Å². The van der Waals surface area contributed by atoms with Gasteiger partial charge in [-0.1, -0.05) is 82.9 Å². The van der Waals surface area contributed by atoms with Crippen molar-refractivity contribution in [2.75, 3.05) is 6.61 Å². The molecule has 145 valence electrons. The maximum Gasteiger partial charge on any atom is 0.347 e. The van der Waals surface area contributed by atoms with Gasteiger partial charge in [0.25, 0.3) is 0 Å². The first-order valence-corrected chi connectivity index (χ1v) is 9.99. The summed E-state index contributed by atoms with van der Waals surface area (Å²) in [6, 6.07) is 9.50. The molecule has 0 amide bonds. The maximum atomic E-state index is 11.9. The molecule has 1 radical (unpaired) electrons. The summed E-state index contributed by atoms with van der Waals surface area (Å²) in [5, 5.41) is 0. The van der Waals surface area contributed by atoms with E-state index in [9.17, 15) is 9.59 Å². The van der Waals surface area contributed by atoms with Crippen molar-refractivity contribution < 1.29 is 19.1 Å². The number of unbranched alkanes of at least 4 members (excludes halogenated alkanes) is 9. The highest BCUT2D eigenvalue weighted by Crippen LogP contribution is 2.11. The summed E-state index contributed by atoms with van der Waals surface area (Å²) in [5.41, 5.74) is 0.307. The second-order valence-electron chi connectivity index (χ2n) is 6.67. The van der Waals surface area contributed by atoms with Crippen LogP contribution in [-0.4, -0.2) is 24.6 Å². The third-order valence-electron chi connectivity index (χ3n) is 4.29. The Kier molecular flexibility index (Phi) is 12.2. The Hall–Kier alpha value is -1.84. The normalized spacial score (nSPS) is 11.8. The smallest absolute Gasteiger partial charge is 0.347 e. The van der Waals surface area contributed by atoms with Crippen molar-refractivity contribution in [3.63, 3.8) is 0 Å². The van der Waals surface area contributed by atoms with Gasteiger partial charge < -0.3 is 9.47 Å². The van der Waals surface area contributed by atoms with Crippen LogP contribution >= 0.6 is 0 Å². The minimum absolute atomic E-state index is 0.307. The molecule has 0 fully saturated rings. The zero-order valence-electron chi connectivity index (χ0n) is 16.3. The van der Waals surface area contributed by atoms with E-state index in [0.29, 0.717) is 12.2 Å². The van der Waals surface area contributed by atoms with Crippen molar-refractivity contribution >= 4 is 11.9 Å². The monoisotopic (exact) mass is 361 g/mol. The summed E-state index contributed by atoms with van der Waals surface area (Å²) in [5.74, 6) is -1.06. The van der Waals surface area contributed by atoms with E-state index in [-0.39, 0.29) is 0 Å². The second-order valence-corrected chi connectivity index (χ2v) is 6.67. The van der Waals surface area contributed by atoms with Crippen LogP contribution in [0.1, 0.15) is 88.4 Å². The first-order valence-electron chi connectivity index (χ1n) is 9.99. The molecular weight excluding hydrogens is 328 g/mol. The van der Waals surface area contributed by atoms with Crippen LogP contribution in [0.4, 0.5) is 0 Å². The average Bonchev–Trinajstić information content (AvgIpc) is 2.66. The van der Waals surface area contributed by atoms with Crippen LogP contribution in [-0.2, 0) is 14.3 Å². The van der Waals surface area contributed by atoms with E-state index in [4.69, 9.17) is 9.47 Å². The Morgan fingerprint density at radius 3 is 2.15 bits per heavy atom. The van der Waals surface area contributed by atoms with Gasteiger partial charge in [0.05, 0.1) is 12.2 Å². The van der Waals surface area contributed by atoms with Crippen molar-refractivity contribution in [3.05, 3.63) is 35.9 Å². The lowest BCUT2D eigenvalue weighted by Gasteiger charge is -2.12. The quantitative estimate of drug-likeness (QED) is 0.324. The van der Waals surface area contributed by atoms with E-state index in [1.54, 1.807) is 24.3 Å². The van der Waals surface area contributed by atoms with Crippen LogP contribution < -0.4 is 0 Å². The summed E-state index contributed by atoms with van der Waals surface area (Å²) in [4.78, 5) is 23.7. The van der Waals surface area contributed by atoms with Gasteiger partial charge in [0.15, 0.2) is 6.10 Å². The predicted octanol–water partition coefficient (Wildman–Crippen LogP) is 5.50. The van der Waals surface area contributed by atoms with Crippen molar-refractivity contribution in [2.24, 2.45) is 0 Å². The fourth-order valence-corrected chi connectivity index (χ4v) is 2.67. The van der Waals surface area contributed by atoms with Gasteiger partial charge in [-0.3, -0.25) is 0 Å². The number of ether oxygens (including phenoxy) is 2. The second kappa shape index (κ2) is 14.3. The molecule has 0 heterocycles. The molecule has 0 spiro atoms. The molecule has 4 nitrogen and oxygen atoms in total. The van der Waals surface area contributed by atoms with Crippen LogP contribution in [0.5, 0.6) is 0 Å². The van der Waals surface area contributed by atoms with Gasteiger partial charge in [0, 0.05) is 0 Å². The molecule has 0 aliphatic heterocycles. The van der Waals surface area contributed by atoms with Crippen LogP contribution in [0, 0.1) is 6.07 Å². The molecule has 1 rings (SSSR count). The van der Waals surface area contributed by atoms with Gasteiger partial charge in [-0.05, 0) is 25.5 Å². The highest BCUT2D eigenvalue weighted by atomic mass is 16.6. The summed E-state index contributed by atoms with van der Waals surface area (Å²) >= 11 is 0. The van der Waals surface area contributed by atoms with Gasteiger partial charge in [0.1, 0.15) is 0 Å². The first-order chi connectivity index (χ1) is 12.6. The number of hydrogen-bond acceptors (Lipinski definition) is 4. The molecule has 0 saturated heterocycles. The number of hydrogen-bond donors (Lipinski definition) is 0. The molecule has 0 aliphatic rings. The zero-order chi connectivity index (χ0) is 19.0. The molecule has 26 heavy (non-hydrogen) atoms. The van der Waals surface area contributed by atoms with Crippen molar-refractivity contribution in [1.82, 2.24) is 0 Å². The Morgan fingerprint density at radius 1 is 0.962 bits per heavy atom. The number of esters is 2. The van der Waals surface area contributed by atoms with Gasteiger partial charge in [-0.2, -0.15) is 0 Å². The number of carbonyl (C=O) groups excluding carboxylic acids is 2. The number of benzene rings is 1. The molecule has 1 unspecified atom stereocenters. The molecule has 0 aromatic heterocycles. The Labute approximate surface area is 158 Å². The fourth-order valence-electron chi connectivity index (χ4n) is 2.67. The largest absolute Gasteiger partial charge is 0.463 e. The standard InChI is InChI=1S/C22H33O4/c1-3-4-5-6-7-8-9-10-11-15-18-25-21(23)19(2)26-22(24)20-16-13-12-14-17-20/h12-14,16,19H,3-11,15,18H2,1-2H3. The molecule has 1 aromatic rings. The van der Waals surface area contributed by atoms with Crippen molar-refractivity contribution in [1.29, 1.82) is 0 Å². The summed E-state index contributed by atoms with van der Waals surface area (Å²) in [6.45, 7) is 4.15. The average molecular weight is 362 g/mol. The molecule has 1 atom stereocenters. The lowest BCUT2D eigenvalue weighted by molar-refractivity contribution is -0.153. The number of carbonyl (C=O) groups is 2. The summed E-state index contributed by atoms with van der Waals surface area (Å²) in [7, 11) is 0. The third-order valence-corrected chi connectivity index (χ3v) is 4.29. The molecule has 0 aliphatic carbocycles. The topological polar surface area (TPSA) is 52.6 Å². The third kappa shape index (κ3) is 10.2. The van der Waals surface area contributed by atoms with Crippen molar-refractivity contribution in [2.45, 2.75) is 84.2 Å². The van der Waals surface area contributed by atoms with E-state index in [1.165, 1.54) is 58.3 Å². The van der Waals surface area contributed by atoms with Gasteiger partial charge >= 0.3 is 11.9 Å². The van der Waals surface area contributed by atoms with E-state index >= 15 is 0 Å². The van der Waals surface area contributed by atoms with E-state index in [0.717, 1.165) is 12.8 Å². The van der Waals surface area contributed by atoms with Gasteiger partial charge in [0.2, 0.25) is 0 Å². The lowest BCUT2D eigenvalue weighted by Crippen LogP contribution is -2.26. The minimum Gasteiger partial charge on any atom is -0.463 e. The SMILES string of the molecule is CCCCCCCCCCCCOC(=O)C(C)OC(=O)c1[c]cccc1. The van der Waals surface area contributed by atoms with Crippen LogP contribution in [0.2, 0.25) is 0 Å². The summed E-state index contributed by atoms with van der Waals surface area (Å²) in [6.07, 6.45) is 11.4. The minimum atomic E-state index is -0.903. The highest BCUT2D eigenvalue weighted by molar-refractivity contribution is 5.91. The molecule has 4 heteroatoms. The van der Waals surface area contributed by atoms with Crippen molar-refractivity contribution in [3.8, 4) is 0 Å². The van der Waals surface area contributed by atoms with E-state index < -0.39 is 18.0 Å². The maximum absolute atomic E-state index is 11.9. The Balaban J connectivity index is 2.01.